The van der Waals surface area contributed by atoms with Gasteiger partial charge in [-0.15, -0.1) is 0 Å². The fourth-order valence-corrected chi connectivity index (χ4v) is 4.08. The quantitative estimate of drug-likeness (QED) is 0.787. The molecule has 1 aromatic carbocycles. The molecule has 2 amide bonds. The van der Waals surface area contributed by atoms with Crippen molar-refractivity contribution in [3.05, 3.63) is 29.8 Å². The lowest BCUT2D eigenvalue weighted by atomic mass is 10.1. The number of nitrogens with one attached hydrogen (secondary N) is 1. The molecule has 0 unspecified atom stereocenters. The third kappa shape index (κ3) is 5.72. The summed E-state index contributed by atoms with van der Waals surface area (Å²) in [5.41, 5.74) is -1.08. The van der Waals surface area contributed by atoms with Crippen molar-refractivity contribution < 1.29 is 22.8 Å². The van der Waals surface area contributed by atoms with E-state index < -0.39 is 17.6 Å². The molecular weight excluding hydrogens is 397 g/mol. The topological polar surface area (TPSA) is 55.9 Å². The van der Waals surface area contributed by atoms with E-state index in [1.807, 2.05) is 16.7 Å². The Morgan fingerprint density at radius 3 is 2.27 bits per heavy atom. The Bertz CT molecular complexity index is 742. The number of benzene rings is 1. The predicted molar refractivity (Wildman–Crippen MR) is 108 cm³/mol. The largest absolute Gasteiger partial charge is 0.418 e. The molecule has 0 bridgehead atoms. The van der Waals surface area contributed by atoms with Gasteiger partial charge in [0.05, 0.1) is 23.8 Å². The highest BCUT2D eigenvalue weighted by molar-refractivity contribution is 5.93. The average Bonchev–Trinajstić information content (AvgIpc) is 2.73. The minimum Gasteiger partial charge on any atom is -0.341 e. The Morgan fingerprint density at radius 2 is 1.63 bits per heavy atom. The first-order valence-electron chi connectivity index (χ1n) is 10.5. The van der Waals surface area contributed by atoms with Gasteiger partial charge >= 0.3 is 6.18 Å². The molecule has 3 rings (SSSR count). The van der Waals surface area contributed by atoms with Crippen molar-refractivity contribution >= 4 is 17.5 Å². The molecule has 0 aliphatic carbocycles. The number of nitrogens with zero attached hydrogens (tertiary/aromatic N) is 3. The van der Waals surface area contributed by atoms with Gasteiger partial charge < -0.3 is 10.2 Å². The lowest BCUT2D eigenvalue weighted by molar-refractivity contribution is -0.138. The van der Waals surface area contributed by atoms with Crippen LogP contribution >= 0.6 is 0 Å². The Kier molecular flexibility index (Phi) is 7.36. The van der Waals surface area contributed by atoms with Gasteiger partial charge in [-0.25, -0.2) is 0 Å². The summed E-state index contributed by atoms with van der Waals surface area (Å²) >= 11 is 0. The highest BCUT2D eigenvalue weighted by Crippen LogP contribution is 2.34. The van der Waals surface area contributed by atoms with Crippen LogP contribution in [0.15, 0.2) is 24.3 Å². The van der Waals surface area contributed by atoms with Gasteiger partial charge in [-0.05, 0) is 38.3 Å². The van der Waals surface area contributed by atoms with Crippen molar-refractivity contribution in [2.75, 3.05) is 51.1 Å². The van der Waals surface area contributed by atoms with E-state index in [2.05, 4.69) is 10.2 Å². The van der Waals surface area contributed by atoms with E-state index in [9.17, 15) is 22.8 Å². The third-order valence-electron chi connectivity index (χ3n) is 5.85. The number of alkyl halides is 3. The number of halogens is 3. The van der Waals surface area contributed by atoms with E-state index >= 15 is 0 Å². The Morgan fingerprint density at radius 1 is 1.00 bits per heavy atom. The number of para-hydroxylation sites is 1. The molecule has 9 heteroatoms. The van der Waals surface area contributed by atoms with Crippen LogP contribution < -0.4 is 5.32 Å². The maximum Gasteiger partial charge on any atom is 0.418 e. The number of piperidine rings is 1. The molecule has 166 valence electrons. The van der Waals surface area contributed by atoms with E-state index in [1.165, 1.54) is 24.6 Å². The maximum absolute atomic E-state index is 13.1. The summed E-state index contributed by atoms with van der Waals surface area (Å²) in [6.45, 7) is 6.06. The van der Waals surface area contributed by atoms with Gasteiger partial charge in [0.2, 0.25) is 11.8 Å². The van der Waals surface area contributed by atoms with Crippen LogP contribution in [0.5, 0.6) is 0 Å². The molecule has 0 aromatic heterocycles. The van der Waals surface area contributed by atoms with E-state index in [-0.39, 0.29) is 24.2 Å². The molecule has 0 saturated carbocycles. The molecule has 2 fully saturated rings. The summed E-state index contributed by atoms with van der Waals surface area (Å²) in [5, 5.41) is 2.38. The van der Waals surface area contributed by atoms with Crippen molar-refractivity contribution in [3.63, 3.8) is 0 Å². The SMILES string of the molecule is C[C@@H](C(=O)N1CCCCC1)N1CCN(CC(=O)Nc2ccccc2C(F)(F)F)CC1. The lowest BCUT2D eigenvalue weighted by Gasteiger charge is -2.39. The van der Waals surface area contributed by atoms with Crippen LogP contribution in [-0.4, -0.2) is 78.4 Å². The van der Waals surface area contributed by atoms with Crippen LogP contribution in [0.3, 0.4) is 0 Å². The van der Waals surface area contributed by atoms with E-state index in [0.29, 0.717) is 26.2 Å². The smallest absolute Gasteiger partial charge is 0.341 e. The van der Waals surface area contributed by atoms with Crippen LogP contribution in [0.4, 0.5) is 18.9 Å². The maximum atomic E-state index is 13.1. The van der Waals surface area contributed by atoms with Crippen molar-refractivity contribution in [1.82, 2.24) is 14.7 Å². The van der Waals surface area contributed by atoms with Crippen molar-refractivity contribution in [2.24, 2.45) is 0 Å². The molecule has 0 radical (unpaired) electrons. The first-order chi connectivity index (χ1) is 14.3. The Hall–Kier alpha value is -2.13. The number of piperazine rings is 1. The minimum absolute atomic E-state index is 0.0223. The van der Waals surface area contributed by atoms with Gasteiger partial charge in [0.25, 0.3) is 0 Å². The average molecular weight is 426 g/mol. The van der Waals surface area contributed by atoms with Gasteiger partial charge in [-0.3, -0.25) is 19.4 Å². The molecule has 2 heterocycles. The Balaban J connectivity index is 1.48. The van der Waals surface area contributed by atoms with Gasteiger partial charge in [0.1, 0.15) is 0 Å². The highest BCUT2D eigenvalue weighted by atomic mass is 19.4. The Labute approximate surface area is 175 Å². The number of likely N-dealkylation sites (tertiary alicyclic amines) is 1. The van der Waals surface area contributed by atoms with Crippen LogP contribution in [0.2, 0.25) is 0 Å². The molecule has 30 heavy (non-hydrogen) atoms. The summed E-state index contributed by atoms with van der Waals surface area (Å²) in [6, 6.07) is 4.77. The molecular formula is C21H29F3N4O2. The molecule has 0 spiro atoms. The number of hydrogen-bond donors (Lipinski definition) is 1. The summed E-state index contributed by atoms with van der Waals surface area (Å²) in [4.78, 5) is 30.9. The van der Waals surface area contributed by atoms with E-state index in [4.69, 9.17) is 0 Å². The first-order valence-corrected chi connectivity index (χ1v) is 10.5. The molecule has 6 nitrogen and oxygen atoms in total. The van der Waals surface area contributed by atoms with Crippen molar-refractivity contribution in [1.29, 1.82) is 0 Å². The first kappa shape index (κ1) is 22.6. The molecule has 1 atom stereocenters. The zero-order valence-corrected chi connectivity index (χ0v) is 17.2. The normalized spacial score (nSPS) is 20.1. The summed E-state index contributed by atoms with van der Waals surface area (Å²) in [7, 11) is 0. The van der Waals surface area contributed by atoms with Crippen LogP contribution in [0.25, 0.3) is 0 Å². The summed E-state index contributed by atoms with van der Waals surface area (Å²) in [6.07, 6.45) is -1.24. The van der Waals surface area contributed by atoms with Gasteiger partial charge in [-0.2, -0.15) is 13.2 Å². The molecule has 2 aliphatic heterocycles. The number of hydrogen-bond acceptors (Lipinski definition) is 4. The van der Waals surface area contributed by atoms with Crippen molar-refractivity contribution in [3.8, 4) is 0 Å². The standard InChI is InChI=1S/C21H29F3N4O2/c1-16(20(30)28-9-5-2-6-10-28)27-13-11-26(12-14-27)15-19(29)25-18-8-4-3-7-17(18)21(22,23)24/h3-4,7-8,16H,2,5-6,9-15H2,1H3,(H,25,29)/t16-/m0/s1. The third-order valence-corrected chi connectivity index (χ3v) is 5.85. The lowest BCUT2D eigenvalue weighted by Crippen LogP contribution is -2.55. The van der Waals surface area contributed by atoms with Gasteiger partial charge in [-0.1, -0.05) is 12.1 Å². The fraction of sp³-hybridized carbons (Fsp3) is 0.619. The fourth-order valence-electron chi connectivity index (χ4n) is 4.08. The number of carbonyl (C=O) groups excluding carboxylic acids is 2. The monoisotopic (exact) mass is 426 g/mol. The van der Waals surface area contributed by atoms with Crippen LogP contribution in [0, 0.1) is 0 Å². The predicted octanol–water partition coefficient (Wildman–Crippen LogP) is 2.66. The summed E-state index contributed by atoms with van der Waals surface area (Å²) in [5.74, 6) is -0.317. The highest BCUT2D eigenvalue weighted by Gasteiger charge is 2.34. The van der Waals surface area contributed by atoms with Crippen LogP contribution in [-0.2, 0) is 15.8 Å². The number of anilines is 1. The molecule has 2 aliphatic rings. The van der Waals surface area contributed by atoms with Crippen molar-refractivity contribution in [2.45, 2.75) is 38.4 Å². The summed E-state index contributed by atoms with van der Waals surface area (Å²) < 4.78 is 39.2. The molecule has 2 saturated heterocycles. The second-order valence-corrected chi connectivity index (χ2v) is 7.97. The zero-order chi connectivity index (χ0) is 21.7. The van der Waals surface area contributed by atoms with E-state index in [1.54, 1.807) is 0 Å². The molecule has 1 N–H and O–H groups in total. The van der Waals surface area contributed by atoms with Crippen LogP contribution in [0.1, 0.15) is 31.7 Å². The van der Waals surface area contributed by atoms with Gasteiger partial charge in [0, 0.05) is 39.3 Å². The number of amides is 2. The second-order valence-electron chi connectivity index (χ2n) is 7.97. The number of rotatable bonds is 5. The second kappa shape index (κ2) is 9.78. The molecule has 1 aromatic rings. The van der Waals surface area contributed by atoms with E-state index in [0.717, 1.165) is 32.0 Å². The minimum atomic E-state index is -4.52. The zero-order valence-electron chi connectivity index (χ0n) is 17.2. The van der Waals surface area contributed by atoms with Gasteiger partial charge in [0.15, 0.2) is 0 Å². The number of carbonyl (C=O) groups is 2.